The number of aliphatic hydroxyl groups excluding tert-OH is 1. The largest absolute Gasteiger partial charge is 0.464 e. The molecule has 10 heavy (non-hydrogen) atoms. The predicted octanol–water partition coefficient (Wildman–Crippen LogP) is 0.270. The lowest BCUT2D eigenvalue weighted by molar-refractivity contribution is -0.158. The molecule has 0 radical (unpaired) electrons. The van der Waals surface area contributed by atoms with Crippen LogP contribution in [0.25, 0.3) is 0 Å². The van der Waals surface area contributed by atoms with E-state index in [-0.39, 0.29) is 6.61 Å². The van der Waals surface area contributed by atoms with Crippen molar-refractivity contribution in [3.63, 3.8) is 0 Å². The fourth-order valence-electron chi connectivity index (χ4n) is 0.346. The van der Waals surface area contributed by atoms with Gasteiger partial charge in [0.1, 0.15) is 0 Å². The van der Waals surface area contributed by atoms with E-state index in [4.69, 9.17) is 5.11 Å². The van der Waals surface area contributed by atoms with Gasteiger partial charge in [-0.05, 0) is 13.8 Å². The van der Waals surface area contributed by atoms with E-state index >= 15 is 0 Å². The second-order valence-corrected chi connectivity index (χ2v) is 2.08. The summed E-state index contributed by atoms with van der Waals surface area (Å²) in [5.74, 6) is -1.02. The second kappa shape index (κ2) is 3.51. The number of carbonyl (C=O) groups is 1. The molecule has 0 aliphatic carbocycles. The summed E-state index contributed by atoms with van der Waals surface area (Å²) in [7, 11) is 0. The smallest absolute Gasteiger partial charge is 0.346 e. The lowest BCUT2D eigenvalue weighted by atomic mass is 10.1. The van der Waals surface area contributed by atoms with Crippen LogP contribution in [0.15, 0.2) is 0 Å². The Bertz CT molecular complexity index is 122. The van der Waals surface area contributed by atoms with Gasteiger partial charge >= 0.3 is 5.97 Å². The van der Waals surface area contributed by atoms with Gasteiger partial charge in [0.25, 0.3) is 0 Å². The topological polar surface area (TPSA) is 46.5 Å². The standard InChI is InChI=1S/C6H11FO3/c1-3-10-5(9)6(2,7)4-8/h8H,3-4H2,1-2H3. The third-order valence-corrected chi connectivity index (χ3v) is 0.998. The third kappa shape index (κ3) is 2.31. The van der Waals surface area contributed by atoms with Gasteiger partial charge in [0.2, 0.25) is 5.67 Å². The first-order chi connectivity index (χ1) is 4.54. The van der Waals surface area contributed by atoms with Crippen molar-refractivity contribution >= 4 is 5.97 Å². The van der Waals surface area contributed by atoms with Crippen LogP contribution < -0.4 is 0 Å². The van der Waals surface area contributed by atoms with Crippen LogP contribution >= 0.6 is 0 Å². The van der Waals surface area contributed by atoms with Gasteiger partial charge in [0, 0.05) is 0 Å². The second-order valence-electron chi connectivity index (χ2n) is 2.08. The molecule has 0 saturated carbocycles. The van der Waals surface area contributed by atoms with E-state index in [9.17, 15) is 9.18 Å². The Kier molecular flexibility index (Phi) is 3.28. The molecule has 0 aromatic rings. The summed E-state index contributed by atoms with van der Waals surface area (Å²) in [6.45, 7) is 1.83. The molecule has 0 saturated heterocycles. The maximum absolute atomic E-state index is 12.7. The maximum Gasteiger partial charge on any atom is 0.346 e. The summed E-state index contributed by atoms with van der Waals surface area (Å²) in [6, 6.07) is 0. The van der Waals surface area contributed by atoms with Crippen molar-refractivity contribution in [2.24, 2.45) is 0 Å². The Morgan fingerprint density at radius 1 is 1.80 bits per heavy atom. The SMILES string of the molecule is CCOC(=O)C(C)(F)CO. The van der Waals surface area contributed by atoms with Crippen LogP contribution in [0.4, 0.5) is 4.39 Å². The zero-order valence-corrected chi connectivity index (χ0v) is 6.06. The van der Waals surface area contributed by atoms with Gasteiger partial charge in [-0.2, -0.15) is 0 Å². The molecule has 0 aromatic heterocycles. The van der Waals surface area contributed by atoms with Gasteiger partial charge < -0.3 is 9.84 Å². The first-order valence-corrected chi connectivity index (χ1v) is 3.01. The van der Waals surface area contributed by atoms with Gasteiger partial charge in [0.15, 0.2) is 0 Å². The van der Waals surface area contributed by atoms with Crippen molar-refractivity contribution in [2.45, 2.75) is 19.5 Å². The molecule has 0 spiro atoms. The molecule has 0 bridgehead atoms. The molecule has 0 heterocycles. The molecule has 0 aromatic carbocycles. The molecule has 0 aliphatic rings. The number of aliphatic hydroxyl groups is 1. The minimum Gasteiger partial charge on any atom is -0.464 e. The minimum absolute atomic E-state index is 0.123. The molecule has 1 N–H and O–H groups in total. The maximum atomic E-state index is 12.7. The van der Waals surface area contributed by atoms with Crippen LogP contribution in [0, 0.1) is 0 Å². The number of halogens is 1. The normalized spacial score (nSPS) is 16.0. The lowest BCUT2D eigenvalue weighted by Crippen LogP contribution is -2.35. The monoisotopic (exact) mass is 150 g/mol. The van der Waals surface area contributed by atoms with Crippen molar-refractivity contribution in [3.8, 4) is 0 Å². The third-order valence-electron chi connectivity index (χ3n) is 0.998. The van der Waals surface area contributed by atoms with Crippen LogP contribution in [-0.4, -0.2) is 30.0 Å². The van der Waals surface area contributed by atoms with Gasteiger partial charge in [-0.15, -0.1) is 0 Å². The summed E-state index contributed by atoms with van der Waals surface area (Å²) in [6.07, 6.45) is 0. The molecule has 1 unspecified atom stereocenters. The number of alkyl halides is 1. The van der Waals surface area contributed by atoms with E-state index in [0.29, 0.717) is 0 Å². The first-order valence-electron chi connectivity index (χ1n) is 3.01. The minimum atomic E-state index is -2.25. The number of hydrogen-bond donors (Lipinski definition) is 1. The number of esters is 1. The highest BCUT2D eigenvalue weighted by molar-refractivity contribution is 5.78. The van der Waals surface area contributed by atoms with Crippen LogP contribution in [-0.2, 0) is 9.53 Å². The highest BCUT2D eigenvalue weighted by Gasteiger charge is 2.33. The molecule has 4 heteroatoms. The Labute approximate surface area is 58.8 Å². The molecule has 3 nitrogen and oxygen atoms in total. The van der Waals surface area contributed by atoms with Gasteiger partial charge in [-0.3, -0.25) is 0 Å². The van der Waals surface area contributed by atoms with E-state index in [1.165, 1.54) is 0 Å². The number of carbonyl (C=O) groups excluding carboxylic acids is 1. The molecule has 1 atom stereocenters. The van der Waals surface area contributed by atoms with Crippen molar-refractivity contribution in [1.29, 1.82) is 0 Å². The zero-order valence-electron chi connectivity index (χ0n) is 6.06. The van der Waals surface area contributed by atoms with Crippen LogP contribution in [0.3, 0.4) is 0 Å². The van der Waals surface area contributed by atoms with Crippen molar-refractivity contribution in [2.75, 3.05) is 13.2 Å². The van der Waals surface area contributed by atoms with Crippen molar-refractivity contribution in [1.82, 2.24) is 0 Å². The quantitative estimate of drug-likeness (QED) is 0.587. The van der Waals surface area contributed by atoms with Gasteiger partial charge in [0.05, 0.1) is 13.2 Å². The van der Waals surface area contributed by atoms with Gasteiger partial charge in [-0.25, -0.2) is 9.18 Å². The fourth-order valence-corrected chi connectivity index (χ4v) is 0.346. The number of rotatable bonds is 3. The first kappa shape index (κ1) is 9.36. The Balaban J connectivity index is 3.91. The molecule has 0 aliphatic heterocycles. The zero-order chi connectivity index (χ0) is 8.20. The summed E-state index contributed by atoms with van der Waals surface area (Å²) in [5, 5.41) is 8.32. The van der Waals surface area contributed by atoms with Crippen LogP contribution in [0.1, 0.15) is 13.8 Å². The fraction of sp³-hybridized carbons (Fsp3) is 0.833. The Hall–Kier alpha value is -0.640. The molecule has 0 amide bonds. The van der Waals surface area contributed by atoms with Gasteiger partial charge in [-0.1, -0.05) is 0 Å². The molecule has 60 valence electrons. The Morgan fingerprint density at radius 2 is 2.30 bits per heavy atom. The Morgan fingerprint density at radius 3 is 2.60 bits per heavy atom. The molecule has 0 fully saturated rings. The molecule has 0 rings (SSSR count). The summed E-state index contributed by atoms with van der Waals surface area (Å²) in [4.78, 5) is 10.5. The average Bonchev–Trinajstić information content (AvgIpc) is 1.89. The van der Waals surface area contributed by atoms with Crippen molar-refractivity contribution in [3.05, 3.63) is 0 Å². The highest BCUT2D eigenvalue weighted by Crippen LogP contribution is 2.10. The van der Waals surface area contributed by atoms with E-state index in [1.54, 1.807) is 6.92 Å². The molecular weight excluding hydrogens is 139 g/mol. The summed E-state index contributed by atoms with van der Waals surface area (Å²) in [5.41, 5.74) is -2.25. The van der Waals surface area contributed by atoms with E-state index in [0.717, 1.165) is 6.92 Å². The summed E-state index contributed by atoms with van der Waals surface area (Å²) < 4.78 is 17.0. The number of hydrogen-bond acceptors (Lipinski definition) is 3. The average molecular weight is 150 g/mol. The predicted molar refractivity (Wildman–Crippen MR) is 33.2 cm³/mol. The van der Waals surface area contributed by atoms with Crippen LogP contribution in [0.5, 0.6) is 0 Å². The van der Waals surface area contributed by atoms with Crippen molar-refractivity contribution < 1.29 is 19.0 Å². The van der Waals surface area contributed by atoms with E-state index < -0.39 is 18.2 Å². The highest BCUT2D eigenvalue weighted by atomic mass is 19.1. The van der Waals surface area contributed by atoms with E-state index in [2.05, 4.69) is 4.74 Å². The lowest BCUT2D eigenvalue weighted by Gasteiger charge is -2.14. The number of ether oxygens (including phenoxy) is 1. The summed E-state index contributed by atoms with van der Waals surface area (Å²) >= 11 is 0. The molecular formula is C6H11FO3. The van der Waals surface area contributed by atoms with E-state index in [1.807, 2.05) is 0 Å². The van der Waals surface area contributed by atoms with Crippen LogP contribution in [0.2, 0.25) is 0 Å².